The van der Waals surface area contributed by atoms with Crippen molar-refractivity contribution < 1.29 is 32.6 Å². The first-order chi connectivity index (χ1) is 9.32. The number of carbonyl (C=O) groups is 1. The molecule has 0 atom stereocenters. The van der Waals surface area contributed by atoms with Gasteiger partial charge < -0.3 is 19.4 Å². The molecule has 1 aromatic rings. The average molecular weight is 305 g/mol. The maximum absolute atomic E-state index is 11.9. The van der Waals surface area contributed by atoms with E-state index in [-0.39, 0.29) is 6.54 Å². The van der Waals surface area contributed by atoms with E-state index >= 15 is 0 Å². The molecular formula is C11H15NO7S. The molecule has 0 saturated carbocycles. The van der Waals surface area contributed by atoms with Crippen LogP contribution >= 0.6 is 0 Å². The zero-order valence-electron chi connectivity index (χ0n) is 10.5. The molecule has 0 aliphatic carbocycles. The minimum Gasteiger partial charge on any atom is -0.475 e. The molecule has 0 unspecified atom stereocenters. The highest BCUT2D eigenvalue weighted by molar-refractivity contribution is 7.89. The Morgan fingerprint density at radius 1 is 1.35 bits per heavy atom. The van der Waals surface area contributed by atoms with Crippen LogP contribution in [0, 0.1) is 0 Å². The number of furan rings is 1. The summed E-state index contributed by atoms with van der Waals surface area (Å²) < 4.78 is 35.9. The Morgan fingerprint density at radius 2 is 2.00 bits per heavy atom. The molecule has 8 nitrogen and oxygen atoms in total. The van der Waals surface area contributed by atoms with Crippen molar-refractivity contribution in [2.75, 3.05) is 19.8 Å². The van der Waals surface area contributed by atoms with Crippen molar-refractivity contribution in [3.8, 4) is 0 Å². The Labute approximate surface area is 115 Å². The summed E-state index contributed by atoms with van der Waals surface area (Å²) in [4.78, 5) is 10.6. The molecule has 0 amide bonds. The molecule has 1 fully saturated rings. The maximum Gasteiger partial charge on any atom is 0.371 e. The first-order valence-electron chi connectivity index (χ1n) is 5.95. The standard InChI is InChI=1S/C11H15NO7S/c13-10(14)8-1-2-9(19-8)20(16,17)12-7-11(15)3-5-18-6-4-11/h1-2,12,15H,3-7H2,(H,13,14). The fourth-order valence-electron chi connectivity index (χ4n) is 1.81. The van der Waals surface area contributed by atoms with E-state index in [0.29, 0.717) is 26.1 Å². The van der Waals surface area contributed by atoms with Crippen LogP contribution in [0.25, 0.3) is 0 Å². The van der Waals surface area contributed by atoms with Gasteiger partial charge in [0.25, 0.3) is 10.0 Å². The van der Waals surface area contributed by atoms with Gasteiger partial charge in [0, 0.05) is 32.6 Å². The van der Waals surface area contributed by atoms with Crippen LogP contribution in [-0.2, 0) is 14.8 Å². The quantitative estimate of drug-likeness (QED) is 0.687. The van der Waals surface area contributed by atoms with Gasteiger partial charge in [-0.3, -0.25) is 0 Å². The predicted molar refractivity (Wildman–Crippen MR) is 65.9 cm³/mol. The number of rotatable bonds is 5. The highest BCUT2D eigenvalue weighted by Crippen LogP contribution is 2.21. The molecule has 1 aliphatic rings. The largest absolute Gasteiger partial charge is 0.475 e. The van der Waals surface area contributed by atoms with Gasteiger partial charge in [-0.1, -0.05) is 0 Å². The number of hydrogen-bond donors (Lipinski definition) is 3. The summed E-state index contributed by atoms with van der Waals surface area (Å²) in [6.45, 7) is 0.548. The predicted octanol–water partition coefficient (Wildman–Crippen LogP) is -0.202. The average Bonchev–Trinajstić information content (AvgIpc) is 2.88. The van der Waals surface area contributed by atoms with E-state index in [1.54, 1.807) is 0 Å². The van der Waals surface area contributed by atoms with Gasteiger partial charge in [0.15, 0.2) is 0 Å². The molecule has 112 valence electrons. The number of nitrogens with one attached hydrogen (secondary N) is 1. The summed E-state index contributed by atoms with van der Waals surface area (Å²) in [5.41, 5.74) is -1.16. The van der Waals surface area contributed by atoms with Gasteiger partial charge in [0.2, 0.25) is 10.9 Å². The first kappa shape index (κ1) is 15.0. The third kappa shape index (κ3) is 3.37. The highest BCUT2D eigenvalue weighted by Gasteiger charge is 2.32. The van der Waals surface area contributed by atoms with Gasteiger partial charge >= 0.3 is 5.97 Å². The maximum atomic E-state index is 11.9. The molecule has 9 heteroatoms. The normalized spacial score (nSPS) is 18.9. The van der Waals surface area contributed by atoms with Crippen LogP contribution in [0.1, 0.15) is 23.4 Å². The van der Waals surface area contributed by atoms with Crippen molar-refractivity contribution in [3.05, 3.63) is 17.9 Å². The molecule has 3 N–H and O–H groups in total. The van der Waals surface area contributed by atoms with Gasteiger partial charge in [-0.05, 0) is 12.1 Å². The van der Waals surface area contributed by atoms with Crippen LogP contribution in [0.2, 0.25) is 0 Å². The van der Waals surface area contributed by atoms with Crippen molar-refractivity contribution in [2.24, 2.45) is 0 Å². The minimum atomic E-state index is -3.99. The lowest BCUT2D eigenvalue weighted by atomic mass is 9.95. The second kappa shape index (κ2) is 5.52. The minimum absolute atomic E-state index is 0.179. The van der Waals surface area contributed by atoms with E-state index in [1.165, 1.54) is 0 Å². The van der Waals surface area contributed by atoms with E-state index in [2.05, 4.69) is 4.72 Å². The second-order valence-electron chi connectivity index (χ2n) is 4.59. The summed E-state index contributed by atoms with van der Waals surface area (Å²) in [5.74, 6) is -1.82. The Kier molecular flexibility index (Phi) is 4.14. The fourth-order valence-corrected chi connectivity index (χ4v) is 2.86. The van der Waals surface area contributed by atoms with Gasteiger partial charge in [-0.15, -0.1) is 0 Å². The zero-order chi connectivity index (χ0) is 14.8. The van der Waals surface area contributed by atoms with Gasteiger partial charge in [-0.2, -0.15) is 0 Å². The Hall–Kier alpha value is -1.42. The van der Waals surface area contributed by atoms with Crippen LogP contribution < -0.4 is 4.72 Å². The summed E-state index contributed by atoms with van der Waals surface area (Å²) in [6, 6.07) is 2.11. The fraction of sp³-hybridized carbons (Fsp3) is 0.545. The molecule has 2 rings (SSSR count). The van der Waals surface area contributed by atoms with Crippen LogP contribution in [-0.4, -0.2) is 50.0 Å². The smallest absolute Gasteiger partial charge is 0.371 e. The number of carboxylic acid groups (broad SMARTS) is 1. The molecule has 0 bridgehead atoms. The molecule has 0 radical (unpaired) electrons. The molecule has 0 aromatic carbocycles. The summed E-state index contributed by atoms with van der Waals surface area (Å²) >= 11 is 0. The molecular weight excluding hydrogens is 290 g/mol. The number of aromatic carboxylic acids is 1. The van der Waals surface area contributed by atoms with Crippen molar-refractivity contribution in [1.82, 2.24) is 4.72 Å². The van der Waals surface area contributed by atoms with Crippen LogP contribution in [0.5, 0.6) is 0 Å². The summed E-state index contributed by atoms with van der Waals surface area (Å²) in [5, 5.41) is 18.3. The second-order valence-corrected chi connectivity index (χ2v) is 6.28. The molecule has 2 heterocycles. The topological polar surface area (TPSA) is 126 Å². The Bertz CT molecular complexity index is 586. The molecule has 1 aliphatic heterocycles. The van der Waals surface area contributed by atoms with Gasteiger partial charge in [0.05, 0.1) is 5.60 Å². The van der Waals surface area contributed by atoms with Crippen LogP contribution in [0.15, 0.2) is 21.6 Å². The number of aliphatic hydroxyl groups is 1. The highest BCUT2D eigenvalue weighted by atomic mass is 32.2. The lowest BCUT2D eigenvalue weighted by molar-refractivity contribution is -0.0589. The molecule has 1 saturated heterocycles. The van der Waals surface area contributed by atoms with E-state index in [0.717, 1.165) is 12.1 Å². The first-order valence-corrected chi connectivity index (χ1v) is 7.44. The van der Waals surface area contributed by atoms with E-state index in [4.69, 9.17) is 14.3 Å². The number of sulfonamides is 1. The van der Waals surface area contributed by atoms with E-state index in [1.807, 2.05) is 0 Å². The van der Waals surface area contributed by atoms with Crippen molar-refractivity contribution >= 4 is 16.0 Å². The summed E-state index contributed by atoms with van der Waals surface area (Å²) in [7, 11) is -3.99. The van der Waals surface area contributed by atoms with Crippen molar-refractivity contribution in [3.63, 3.8) is 0 Å². The van der Waals surface area contributed by atoms with E-state index < -0.39 is 32.4 Å². The lowest BCUT2D eigenvalue weighted by Crippen LogP contribution is -2.46. The number of carboxylic acids is 1. The Morgan fingerprint density at radius 3 is 2.55 bits per heavy atom. The molecule has 1 aromatic heterocycles. The van der Waals surface area contributed by atoms with Gasteiger partial charge in [0.1, 0.15) is 0 Å². The van der Waals surface area contributed by atoms with Crippen LogP contribution in [0.4, 0.5) is 0 Å². The summed E-state index contributed by atoms with van der Waals surface area (Å²) in [6.07, 6.45) is 0.655. The third-order valence-electron chi connectivity index (χ3n) is 3.07. The van der Waals surface area contributed by atoms with E-state index in [9.17, 15) is 18.3 Å². The molecule has 20 heavy (non-hydrogen) atoms. The Balaban J connectivity index is 2.05. The number of ether oxygens (including phenoxy) is 1. The number of hydrogen-bond acceptors (Lipinski definition) is 6. The molecule has 0 spiro atoms. The SMILES string of the molecule is O=C(O)c1ccc(S(=O)(=O)NCC2(O)CCOCC2)o1. The van der Waals surface area contributed by atoms with Gasteiger partial charge in [-0.25, -0.2) is 17.9 Å². The van der Waals surface area contributed by atoms with Crippen LogP contribution in [0.3, 0.4) is 0 Å². The van der Waals surface area contributed by atoms with Crippen molar-refractivity contribution in [1.29, 1.82) is 0 Å². The monoisotopic (exact) mass is 305 g/mol. The third-order valence-corrected chi connectivity index (χ3v) is 4.35. The van der Waals surface area contributed by atoms with Crippen molar-refractivity contribution in [2.45, 2.75) is 23.5 Å². The zero-order valence-corrected chi connectivity index (χ0v) is 11.4. The lowest BCUT2D eigenvalue weighted by Gasteiger charge is -2.31.